The predicted octanol–water partition coefficient (Wildman–Crippen LogP) is 1.87. The van der Waals surface area contributed by atoms with Gasteiger partial charge >= 0.3 is 5.69 Å². The maximum atomic E-state index is 13.5. The van der Waals surface area contributed by atoms with E-state index < -0.39 is 23.5 Å². The largest absolute Gasteiger partial charge is 0.352 e. The topological polar surface area (TPSA) is 81.3 Å². The van der Waals surface area contributed by atoms with Crippen LogP contribution in [0.25, 0.3) is 5.78 Å². The van der Waals surface area contributed by atoms with E-state index in [9.17, 15) is 14.0 Å². The fourth-order valence-electron chi connectivity index (χ4n) is 2.40. The molecule has 130 valence electrons. The summed E-state index contributed by atoms with van der Waals surface area (Å²) in [4.78, 5) is 28.5. The van der Waals surface area contributed by atoms with E-state index in [0.717, 1.165) is 10.2 Å². The summed E-state index contributed by atoms with van der Waals surface area (Å²) in [6.45, 7) is 3.25. The van der Waals surface area contributed by atoms with Crippen LogP contribution in [-0.4, -0.2) is 25.1 Å². The molecular weight excluding hydrogens is 349 g/mol. The molecule has 2 aromatic heterocycles. The molecule has 2 heterocycles. The summed E-state index contributed by atoms with van der Waals surface area (Å²) in [5.41, 5.74) is 0.915. The molecule has 0 aliphatic rings. The highest BCUT2D eigenvalue weighted by Gasteiger charge is 2.15. The molecule has 1 aromatic carbocycles. The second-order valence-corrected chi connectivity index (χ2v) is 6.11. The SMILES string of the molecule is Cc1cnc2nn(CC(=O)N[C@@H](C)c3ccc(Cl)c(F)c3)c(=O)n2c1. The standard InChI is InChI=1S/C16H15ClFN5O2/c1-9-6-19-15-21-23(16(25)22(15)7-9)8-14(24)20-10(2)11-3-4-12(17)13(18)5-11/h3-7,10H,8H2,1-2H3,(H,20,24)/t10-/m0/s1. The zero-order valence-electron chi connectivity index (χ0n) is 13.5. The normalized spacial score (nSPS) is 12.3. The third-order valence-corrected chi connectivity index (χ3v) is 3.99. The van der Waals surface area contributed by atoms with Crippen molar-refractivity contribution in [1.82, 2.24) is 24.5 Å². The molecular formula is C16H15ClFN5O2. The number of hydrogen-bond donors (Lipinski definition) is 1. The Morgan fingerprint density at radius 1 is 1.44 bits per heavy atom. The Kier molecular flexibility index (Phi) is 4.54. The van der Waals surface area contributed by atoms with E-state index in [1.165, 1.54) is 16.5 Å². The number of hydrogen-bond acceptors (Lipinski definition) is 4. The average molecular weight is 364 g/mol. The van der Waals surface area contributed by atoms with Gasteiger partial charge in [0, 0.05) is 12.4 Å². The minimum Gasteiger partial charge on any atom is -0.348 e. The Hall–Kier alpha value is -2.74. The molecule has 9 heteroatoms. The number of benzene rings is 1. The molecule has 0 saturated heterocycles. The minimum absolute atomic E-state index is 0.0151. The van der Waals surface area contributed by atoms with Crippen LogP contribution in [0.3, 0.4) is 0 Å². The Labute approximate surface area is 147 Å². The number of nitrogens with zero attached hydrogens (tertiary/aromatic N) is 4. The van der Waals surface area contributed by atoms with Crippen LogP contribution in [-0.2, 0) is 11.3 Å². The van der Waals surface area contributed by atoms with Crippen molar-refractivity contribution in [1.29, 1.82) is 0 Å². The lowest BCUT2D eigenvalue weighted by atomic mass is 10.1. The number of nitrogens with one attached hydrogen (secondary N) is 1. The molecule has 3 rings (SSSR count). The third-order valence-electron chi connectivity index (χ3n) is 3.68. The number of rotatable bonds is 4. The van der Waals surface area contributed by atoms with Crippen LogP contribution in [0.2, 0.25) is 5.02 Å². The van der Waals surface area contributed by atoms with Gasteiger partial charge in [-0.3, -0.25) is 4.79 Å². The Morgan fingerprint density at radius 2 is 2.20 bits per heavy atom. The average Bonchev–Trinajstić information content (AvgIpc) is 2.86. The first-order valence-corrected chi connectivity index (χ1v) is 7.89. The molecule has 1 N–H and O–H groups in total. The molecule has 7 nitrogen and oxygen atoms in total. The molecule has 25 heavy (non-hydrogen) atoms. The Bertz CT molecular complexity index is 1010. The van der Waals surface area contributed by atoms with Crippen molar-refractivity contribution < 1.29 is 9.18 Å². The summed E-state index contributed by atoms with van der Waals surface area (Å²) >= 11 is 5.65. The van der Waals surface area contributed by atoms with E-state index in [0.29, 0.717) is 5.56 Å². The number of fused-ring (bicyclic) bond motifs is 1. The molecule has 0 radical (unpaired) electrons. The van der Waals surface area contributed by atoms with E-state index >= 15 is 0 Å². The van der Waals surface area contributed by atoms with Crippen LogP contribution in [0.15, 0.2) is 35.4 Å². The molecule has 0 unspecified atom stereocenters. The third kappa shape index (κ3) is 3.53. The summed E-state index contributed by atoms with van der Waals surface area (Å²) in [5, 5.41) is 6.73. The molecule has 1 atom stereocenters. The summed E-state index contributed by atoms with van der Waals surface area (Å²) in [7, 11) is 0. The fourth-order valence-corrected chi connectivity index (χ4v) is 2.52. The minimum atomic E-state index is -0.557. The first-order chi connectivity index (χ1) is 11.8. The first kappa shape index (κ1) is 17.1. The van der Waals surface area contributed by atoms with Crippen LogP contribution in [0.4, 0.5) is 4.39 Å². The number of carbonyl (C=O) groups excluding carboxylic acids is 1. The van der Waals surface area contributed by atoms with Crippen LogP contribution >= 0.6 is 11.6 Å². The van der Waals surface area contributed by atoms with Gasteiger partial charge in [-0.15, -0.1) is 5.10 Å². The van der Waals surface area contributed by atoms with Gasteiger partial charge in [0.05, 0.1) is 11.1 Å². The fraction of sp³-hybridized carbons (Fsp3) is 0.250. The maximum absolute atomic E-state index is 13.5. The van der Waals surface area contributed by atoms with Crippen molar-refractivity contribution >= 4 is 23.3 Å². The van der Waals surface area contributed by atoms with Gasteiger partial charge in [-0.2, -0.15) is 0 Å². The lowest BCUT2D eigenvalue weighted by molar-refractivity contribution is -0.122. The first-order valence-electron chi connectivity index (χ1n) is 7.51. The van der Waals surface area contributed by atoms with Crippen molar-refractivity contribution in [2.45, 2.75) is 26.4 Å². The summed E-state index contributed by atoms with van der Waals surface area (Å²) < 4.78 is 15.8. The summed E-state index contributed by atoms with van der Waals surface area (Å²) in [6, 6.07) is 3.86. The highest BCUT2D eigenvalue weighted by atomic mass is 35.5. The molecule has 1 amide bonds. The summed E-state index contributed by atoms with van der Waals surface area (Å²) in [6.07, 6.45) is 3.19. The van der Waals surface area contributed by atoms with E-state index in [-0.39, 0.29) is 17.3 Å². The lowest BCUT2D eigenvalue weighted by Gasteiger charge is -2.14. The van der Waals surface area contributed by atoms with Gasteiger partial charge in [0.25, 0.3) is 5.78 Å². The van der Waals surface area contributed by atoms with Gasteiger partial charge in [0.2, 0.25) is 5.91 Å². The van der Waals surface area contributed by atoms with Crippen molar-refractivity contribution in [2.75, 3.05) is 0 Å². The molecule has 0 fully saturated rings. The van der Waals surface area contributed by atoms with Crippen molar-refractivity contribution in [3.8, 4) is 0 Å². The van der Waals surface area contributed by atoms with Crippen molar-refractivity contribution in [2.24, 2.45) is 0 Å². The number of amides is 1. The Morgan fingerprint density at radius 3 is 2.92 bits per heavy atom. The molecule has 0 bridgehead atoms. The van der Waals surface area contributed by atoms with E-state index in [2.05, 4.69) is 15.4 Å². The number of aromatic nitrogens is 4. The highest BCUT2D eigenvalue weighted by Crippen LogP contribution is 2.20. The lowest BCUT2D eigenvalue weighted by Crippen LogP contribution is -2.34. The van der Waals surface area contributed by atoms with E-state index in [1.54, 1.807) is 32.3 Å². The maximum Gasteiger partial charge on any atom is 0.352 e. The number of halogens is 2. The quantitative estimate of drug-likeness (QED) is 0.767. The molecule has 0 spiro atoms. The van der Waals surface area contributed by atoms with Crippen molar-refractivity contribution in [3.63, 3.8) is 0 Å². The second kappa shape index (κ2) is 6.64. The predicted molar refractivity (Wildman–Crippen MR) is 90.0 cm³/mol. The van der Waals surface area contributed by atoms with Crippen LogP contribution in [0.5, 0.6) is 0 Å². The highest BCUT2D eigenvalue weighted by molar-refractivity contribution is 6.30. The van der Waals surface area contributed by atoms with Gasteiger partial charge in [0.15, 0.2) is 0 Å². The van der Waals surface area contributed by atoms with E-state index in [1.807, 2.05) is 0 Å². The molecule has 3 aromatic rings. The van der Waals surface area contributed by atoms with Gasteiger partial charge in [-0.05, 0) is 37.1 Å². The van der Waals surface area contributed by atoms with Crippen LogP contribution in [0, 0.1) is 12.7 Å². The van der Waals surface area contributed by atoms with Gasteiger partial charge in [0.1, 0.15) is 12.4 Å². The zero-order valence-corrected chi connectivity index (χ0v) is 14.3. The second-order valence-electron chi connectivity index (χ2n) is 5.70. The smallest absolute Gasteiger partial charge is 0.348 e. The molecule has 0 aliphatic heterocycles. The van der Waals surface area contributed by atoms with Crippen LogP contribution < -0.4 is 11.0 Å². The van der Waals surface area contributed by atoms with Gasteiger partial charge < -0.3 is 5.32 Å². The van der Waals surface area contributed by atoms with Gasteiger partial charge in [-0.25, -0.2) is 23.3 Å². The van der Waals surface area contributed by atoms with Crippen LogP contribution in [0.1, 0.15) is 24.1 Å². The monoisotopic (exact) mass is 363 g/mol. The summed E-state index contributed by atoms with van der Waals surface area (Å²) in [5.74, 6) is -0.764. The number of aryl methyl sites for hydroxylation is 1. The molecule has 0 saturated carbocycles. The van der Waals surface area contributed by atoms with Gasteiger partial charge in [-0.1, -0.05) is 17.7 Å². The molecule has 0 aliphatic carbocycles. The van der Waals surface area contributed by atoms with Crippen molar-refractivity contribution in [3.05, 3.63) is 63.0 Å². The number of carbonyl (C=O) groups is 1. The zero-order chi connectivity index (χ0) is 18.1. The van der Waals surface area contributed by atoms with E-state index in [4.69, 9.17) is 11.6 Å². The Balaban J connectivity index is 1.75.